The fourth-order valence-electron chi connectivity index (χ4n) is 13.4. The summed E-state index contributed by atoms with van der Waals surface area (Å²) in [6.07, 6.45) is 11.3. The van der Waals surface area contributed by atoms with Crippen LogP contribution in [0.15, 0.2) is 171 Å². The molecule has 0 aliphatic heterocycles. The van der Waals surface area contributed by atoms with Crippen LogP contribution in [-0.2, 0) is 62.3 Å². The molecular weight excluding hydrogens is 1240 g/mol. The Labute approximate surface area is 631 Å². The van der Waals surface area contributed by atoms with Gasteiger partial charge < -0.3 is 0 Å². The van der Waals surface area contributed by atoms with Gasteiger partial charge in [0.15, 0.2) is 31.0 Å². The first-order valence-electron chi connectivity index (χ1n) is 36.4. The minimum atomic E-state index is -2.06. The molecule has 0 N–H and O–H groups in total. The highest BCUT2D eigenvalue weighted by Crippen LogP contribution is 2.34. The van der Waals surface area contributed by atoms with Crippen molar-refractivity contribution in [1.82, 2.24) is 0 Å². The Morgan fingerprint density at radius 1 is 0.235 bits per heavy atom. The predicted octanol–water partition coefficient (Wildman–Crippen LogP) is 24.3. The standard InChI is InChI=1S/2C19H26N.3C18H24N.5CH4/c2*1-13-8-9-16(14(2)10-13)18-11-15(3)17(12-20(18)7)19(4,5)6;1-13-7-9-16(14(2)11-13)17-10-8-15(12-19(17)6)18(3,4)5;2*1-13-9-7-8-10-15(13)17-11-14(2)16(12-19(17)6)18(3,4)5;;;;;/h2*8-12H,1-7H3;3*7-12H,1-6H3;5*1H4/q5*+1;;;;;/i1D3;;;;;;;;;. The SMILES string of the molecule is C.C.C.C.C.Cc1ccc(-c2cc(C)c(C(C)(C)C)c[n+]2C)c(C)c1.Cc1ccc(-c2ccc(C(C)(C)C)c[n+]2C)c(C)c1.Cc1ccccc1-c1cc(C)c(C(C)(C)C)c[n+]1C.Cc1ccccc1-c1cc(C)c(C(C)(C)C)c[n+]1C.[2H]C([2H])([2H])c1ccc(-c2cc(C)c(C(C)(C)C)c[n+]2C)c(C)c1. The van der Waals surface area contributed by atoms with Gasteiger partial charge in [0.2, 0.25) is 28.5 Å². The smallest absolute Gasteiger partial charge is 0.201 e. The Hall–Kier alpha value is -8.15. The lowest BCUT2D eigenvalue weighted by molar-refractivity contribution is -0.661. The molecule has 5 nitrogen and oxygen atoms in total. The maximum atomic E-state index is 7.55. The molecule has 5 heterocycles. The molecule has 0 aliphatic carbocycles. The van der Waals surface area contributed by atoms with Crippen LogP contribution in [0.1, 0.15) is 240 Å². The van der Waals surface area contributed by atoms with Gasteiger partial charge in [-0.3, -0.25) is 0 Å². The molecule has 0 aliphatic rings. The average Bonchev–Trinajstić information content (AvgIpc) is 0.808. The Morgan fingerprint density at radius 3 is 0.725 bits per heavy atom. The first kappa shape index (κ1) is 86.3. The molecule has 0 radical (unpaired) electrons. The van der Waals surface area contributed by atoms with E-state index in [-0.39, 0.29) is 64.2 Å². The van der Waals surface area contributed by atoms with Gasteiger partial charge in [-0.2, -0.15) is 0 Å². The van der Waals surface area contributed by atoms with E-state index in [1.807, 2.05) is 20.0 Å². The summed E-state index contributed by atoms with van der Waals surface area (Å²) < 4.78 is 33.7. The highest BCUT2D eigenvalue weighted by Gasteiger charge is 2.28. The normalized spacial score (nSPS) is 11.7. The quantitative estimate of drug-likeness (QED) is 0.153. The molecule has 0 fully saturated rings. The third-order valence-electron chi connectivity index (χ3n) is 18.8. The lowest BCUT2D eigenvalue weighted by Gasteiger charge is -2.20. The molecule has 0 atom stereocenters. The first-order valence-corrected chi connectivity index (χ1v) is 34.9. The second-order valence-corrected chi connectivity index (χ2v) is 32.9. The molecule has 552 valence electrons. The summed E-state index contributed by atoms with van der Waals surface area (Å²) in [6, 6.07) is 49.5. The molecular formula is C97H144N5+5. The molecule has 0 saturated carbocycles. The van der Waals surface area contributed by atoms with Gasteiger partial charge in [-0.15, -0.1) is 0 Å². The van der Waals surface area contributed by atoms with Gasteiger partial charge in [0, 0.05) is 90.1 Å². The van der Waals surface area contributed by atoms with Crippen LogP contribution in [0.5, 0.6) is 0 Å². The van der Waals surface area contributed by atoms with Crippen LogP contribution in [0.3, 0.4) is 0 Å². The van der Waals surface area contributed by atoms with Crippen molar-refractivity contribution < 1.29 is 26.9 Å². The minimum Gasteiger partial charge on any atom is -0.201 e. The Bertz CT molecular complexity index is 4430. The molecule has 5 aromatic heterocycles. The fraction of sp³-hybridized carbons (Fsp3) is 0.433. The summed E-state index contributed by atoms with van der Waals surface area (Å²) in [6.45, 7) is 55.5. The highest BCUT2D eigenvalue weighted by atomic mass is 14.9. The molecule has 10 rings (SSSR count). The maximum Gasteiger partial charge on any atom is 0.212 e. The van der Waals surface area contributed by atoms with Gasteiger partial charge in [0.05, 0.1) is 0 Å². The van der Waals surface area contributed by atoms with E-state index in [4.69, 9.17) is 4.11 Å². The number of aryl methyl sites for hydroxylation is 17. The van der Waals surface area contributed by atoms with Crippen molar-refractivity contribution in [3.8, 4) is 56.3 Å². The molecule has 0 bridgehead atoms. The zero-order chi connectivity index (χ0) is 75.3. The molecule has 0 spiro atoms. The highest BCUT2D eigenvalue weighted by molar-refractivity contribution is 5.66. The van der Waals surface area contributed by atoms with E-state index in [0.717, 1.165) is 16.8 Å². The third-order valence-corrected chi connectivity index (χ3v) is 18.8. The summed E-state index contributed by atoms with van der Waals surface area (Å²) >= 11 is 0. The number of rotatable bonds is 5. The van der Waals surface area contributed by atoms with Crippen molar-refractivity contribution in [2.75, 3.05) is 0 Å². The monoisotopic (exact) mass is 1380 g/mol. The molecule has 5 heteroatoms. The number of pyridine rings is 5. The van der Waals surface area contributed by atoms with E-state index in [9.17, 15) is 0 Å². The largest absolute Gasteiger partial charge is 0.212 e. The molecule has 0 unspecified atom stereocenters. The Morgan fingerprint density at radius 2 is 0.480 bits per heavy atom. The average molecular weight is 1380 g/mol. The van der Waals surface area contributed by atoms with Crippen molar-refractivity contribution in [3.63, 3.8) is 0 Å². The zero-order valence-electron chi connectivity index (χ0n) is 68.9. The van der Waals surface area contributed by atoms with Crippen LogP contribution in [0.25, 0.3) is 56.3 Å². The number of nitrogens with zero attached hydrogens (tertiary/aromatic N) is 5. The Balaban J connectivity index is 0.000000650. The van der Waals surface area contributed by atoms with Crippen LogP contribution in [0.4, 0.5) is 0 Å². The maximum absolute atomic E-state index is 7.55. The van der Waals surface area contributed by atoms with Gasteiger partial charge in [-0.05, 0) is 197 Å². The van der Waals surface area contributed by atoms with Crippen molar-refractivity contribution in [3.05, 3.63) is 265 Å². The van der Waals surface area contributed by atoms with Crippen molar-refractivity contribution in [1.29, 1.82) is 0 Å². The van der Waals surface area contributed by atoms with E-state index in [1.54, 1.807) is 12.1 Å². The first-order chi connectivity index (χ1) is 46.0. The predicted molar refractivity (Wildman–Crippen MR) is 449 cm³/mol. The van der Waals surface area contributed by atoms with E-state index in [1.165, 1.54) is 128 Å². The van der Waals surface area contributed by atoms with Crippen LogP contribution >= 0.6 is 0 Å². The van der Waals surface area contributed by atoms with Crippen molar-refractivity contribution in [2.45, 2.75) is 251 Å². The number of hydrogen-bond acceptors (Lipinski definition) is 0. The number of hydrogen-bond donors (Lipinski definition) is 0. The topological polar surface area (TPSA) is 19.4 Å². The summed E-state index contributed by atoms with van der Waals surface area (Å²) in [5.74, 6) is 0. The van der Waals surface area contributed by atoms with E-state index in [2.05, 4.69) is 376 Å². The van der Waals surface area contributed by atoms with Crippen LogP contribution in [-0.4, -0.2) is 0 Å². The summed E-state index contributed by atoms with van der Waals surface area (Å²) in [5.41, 5.74) is 35.0. The van der Waals surface area contributed by atoms with Gasteiger partial charge >= 0.3 is 0 Å². The van der Waals surface area contributed by atoms with Gasteiger partial charge in [-0.1, -0.05) is 230 Å². The van der Waals surface area contributed by atoms with E-state index < -0.39 is 6.85 Å². The second-order valence-electron chi connectivity index (χ2n) is 32.9. The van der Waals surface area contributed by atoms with Crippen molar-refractivity contribution in [2.24, 2.45) is 35.2 Å². The summed E-state index contributed by atoms with van der Waals surface area (Å²) in [4.78, 5) is 0. The summed E-state index contributed by atoms with van der Waals surface area (Å²) in [5, 5.41) is 0. The van der Waals surface area contributed by atoms with E-state index >= 15 is 0 Å². The molecule has 0 saturated heterocycles. The fourth-order valence-corrected chi connectivity index (χ4v) is 13.4. The molecule has 0 amide bonds. The zero-order valence-corrected chi connectivity index (χ0v) is 65.9. The lowest BCUT2D eigenvalue weighted by atomic mass is 9.84. The van der Waals surface area contributed by atoms with E-state index in [0.29, 0.717) is 5.56 Å². The third kappa shape index (κ3) is 23.4. The molecule has 5 aromatic carbocycles. The Kier molecular flexibility index (Phi) is 31.1. The van der Waals surface area contributed by atoms with Gasteiger partial charge in [-0.25, -0.2) is 22.8 Å². The van der Waals surface area contributed by atoms with Crippen molar-refractivity contribution >= 4 is 0 Å². The number of benzene rings is 5. The summed E-state index contributed by atoms with van der Waals surface area (Å²) in [7, 11) is 10.6. The second kappa shape index (κ2) is 36.8. The lowest BCUT2D eigenvalue weighted by Crippen LogP contribution is -2.34. The van der Waals surface area contributed by atoms with Gasteiger partial charge in [0.25, 0.3) is 0 Å². The van der Waals surface area contributed by atoms with Crippen LogP contribution in [0, 0.1) is 83.0 Å². The molecule has 10 aromatic rings. The van der Waals surface area contributed by atoms with Crippen LogP contribution < -0.4 is 22.8 Å². The molecule has 102 heavy (non-hydrogen) atoms. The van der Waals surface area contributed by atoms with Crippen LogP contribution in [0.2, 0.25) is 0 Å². The number of aromatic nitrogens is 5. The minimum absolute atomic E-state index is 0. The van der Waals surface area contributed by atoms with Gasteiger partial charge in [0.1, 0.15) is 35.2 Å².